The average molecular weight is 202 g/mol. The fraction of sp³-hybridized carbons (Fsp3) is 0.250. The molecule has 1 heterocycles. The molecule has 0 amide bonds. The van der Waals surface area contributed by atoms with Gasteiger partial charge in [-0.15, -0.1) is 0 Å². The minimum absolute atomic E-state index is 0.563. The van der Waals surface area contributed by atoms with Crippen LogP contribution in [0, 0.1) is 6.92 Å². The summed E-state index contributed by atoms with van der Waals surface area (Å²) in [6, 6.07) is 8.19. The van der Waals surface area contributed by atoms with Crippen LogP contribution in [0.1, 0.15) is 11.5 Å². The summed E-state index contributed by atoms with van der Waals surface area (Å²) in [4.78, 5) is 4.36. The molecule has 0 saturated heterocycles. The van der Waals surface area contributed by atoms with Gasteiger partial charge < -0.3 is 10.2 Å². The first-order valence-electron chi connectivity index (χ1n) is 5.01. The smallest absolute Gasteiger partial charge is 0.195 e. The summed E-state index contributed by atoms with van der Waals surface area (Å²) < 4.78 is 5.31. The molecule has 0 aliphatic rings. The van der Waals surface area contributed by atoms with Crippen molar-refractivity contribution in [2.45, 2.75) is 13.3 Å². The third-order valence-corrected chi connectivity index (χ3v) is 2.22. The number of rotatable bonds is 3. The van der Waals surface area contributed by atoms with Crippen LogP contribution in [-0.4, -0.2) is 11.5 Å². The normalized spacial score (nSPS) is 10.5. The van der Waals surface area contributed by atoms with Crippen molar-refractivity contribution in [2.75, 3.05) is 6.54 Å². The first-order chi connectivity index (χ1) is 7.29. The predicted octanol–water partition coefficient (Wildman–Crippen LogP) is 2.15. The molecule has 15 heavy (non-hydrogen) atoms. The van der Waals surface area contributed by atoms with E-state index < -0.39 is 0 Å². The van der Waals surface area contributed by atoms with Gasteiger partial charge in [-0.05, 0) is 13.0 Å². The van der Waals surface area contributed by atoms with Gasteiger partial charge in [0, 0.05) is 18.5 Å². The first-order valence-corrected chi connectivity index (χ1v) is 5.01. The van der Waals surface area contributed by atoms with E-state index in [1.54, 1.807) is 6.26 Å². The van der Waals surface area contributed by atoms with Crippen LogP contribution < -0.4 is 5.73 Å². The summed E-state index contributed by atoms with van der Waals surface area (Å²) in [5, 5.41) is 0. The SMILES string of the molecule is Cc1cccc(-c2coc(CCN)n2)c1. The standard InChI is InChI=1S/C12H14N2O/c1-9-3-2-4-10(7-9)11-8-15-12(14-11)5-6-13/h2-4,7-8H,5-6,13H2,1H3. The van der Waals surface area contributed by atoms with Gasteiger partial charge in [-0.25, -0.2) is 4.98 Å². The zero-order valence-electron chi connectivity index (χ0n) is 8.73. The Morgan fingerprint density at radius 3 is 3.00 bits per heavy atom. The Hall–Kier alpha value is -1.61. The van der Waals surface area contributed by atoms with Gasteiger partial charge in [0.2, 0.25) is 0 Å². The van der Waals surface area contributed by atoms with Gasteiger partial charge in [-0.3, -0.25) is 0 Å². The van der Waals surface area contributed by atoms with Crippen LogP contribution in [0.4, 0.5) is 0 Å². The van der Waals surface area contributed by atoms with Crippen LogP contribution in [0.5, 0.6) is 0 Å². The van der Waals surface area contributed by atoms with Gasteiger partial charge in [0.05, 0.1) is 0 Å². The second-order valence-electron chi connectivity index (χ2n) is 3.53. The number of nitrogens with two attached hydrogens (primary N) is 1. The summed E-state index contributed by atoms with van der Waals surface area (Å²) in [5.74, 6) is 0.703. The monoisotopic (exact) mass is 202 g/mol. The molecule has 78 valence electrons. The molecule has 3 heteroatoms. The van der Waals surface area contributed by atoms with Crippen LogP contribution in [0.25, 0.3) is 11.3 Å². The quantitative estimate of drug-likeness (QED) is 0.829. The predicted molar refractivity (Wildman–Crippen MR) is 59.4 cm³/mol. The van der Waals surface area contributed by atoms with Gasteiger partial charge in [0.1, 0.15) is 12.0 Å². The number of oxazole rings is 1. The summed E-state index contributed by atoms with van der Waals surface area (Å²) in [6.07, 6.45) is 2.37. The highest BCUT2D eigenvalue weighted by atomic mass is 16.3. The lowest BCUT2D eigenvalue weighted by atomic mass is 10.1. The van der Waals surface area contributed by atoms with Crippen molar-refractivity contribution in [1.29, 1.82) is 0 Å². The Labute approximate surface area is 88.9 Å². The Morgan fingerprint density at radius 2 is 2.27 bits per heavy atom. The van der Waals surface area contributed by atoms with Crippen LogP contribution in [0.2, 0.25) is 0 Å². The van der Waals surface area contributed by atoms with Gasteiger partial charge >= 0.3 is 0 Å². The number of aryl methyl sites for hydroxylation is 1. The molecular weight excluding hydrogens is 188 g/mol. The molecule has 0 saturated carbocycles. The first kappa shape index (κ1) is 9.93. The van der Waals surface area contributed by atoms with E-state index in [4.69, 9.17) is 10.2 Å². The minimum atomic E-state index is 0.563. The largest absolute Gasteiger partial charge is 0.448 e. The highest BCUT2D eigenvalue weighted by molar-refractivity contribution is 5.58. The maximum absolute atomic E-state index is 5.43. The lowest BCUT2D eigenvalue weighted by Crippen LogP contribution is -2.02. The molecule has 1 aromatic carbocycles. The summed E-state index contributed by atoms with van der Waals surface area (Å²) in [7, 11) is 0. The molecule has 0 atom stereocenters. The molecule has 3 nitrogen and oxygen atoms in total. The van der Waals surface area contributed by atoms with Crippen molar-refractivity contribution in [3.05, 3.63) is 42.0 Å². The summed E-state index contributed by atoms with van der Waals surface area (Å²) >= 11 is 0. The fourth-order valence-corrected chi connectivity index (χ4v) is 1.49. The zero-order chi connectivity index (χ0) is 10.7. The Morgan fingerprint density at radius 1 is 1.40 bits per heavy atom. The van der Waals surface area contributed by atoms with E-state index in [1.807, 2.05) is 12.1 Å². The zero-order valence-corrected chi connectivity index (χ0v) is 8.73. The van der Waals surface area contributed by atoms with Crippen molar-refractivity contribution in [1.82, 2.24) is 4.98 Å². The second-order valence-corrected chi connectivity index (χ2v) is 3.53. The summed E-state index contributed by atoms with van der Waals surface area (Å²) in [5.41, 5.74) is 8.61. The molecule has 0 bridgehead atoms. The number of aromatic nitrogens is 1. The van der Waals surface area contributed by atoms with Crippen LogP contribution in [0.15, 0.2) is 34.9 Å². The highest BCUT2D eigenvalue weighted by Gasteiger charge is 2.05. The van der Waals surface area contributed by atoms with Gasteiger partial charge in [0.25, 0.3) is 0 Å². The molecule has 0 aliphatic carbocycles. The molecule has 0 unspecified atom stereocenters. The Kier molecular flexibility index (Phi) is 2.83. The Balaban J connectivity index is 2.29. The third-order valence-electron chi connectivity index (χ3n) is 2.22. The molecule has 2 rings (SSSR count). The molecule has 0 fully saturated rings. The molecule has 0 radical (unpaired) electrons. The van der Waals surface area contributed by atoms with E-state index in [-0.39, 0.29) is 0 Å². The van der Waals surface area contributed by atoms with Crippen molar-refractivity contribution < 1.29 is 4.42 Å². The van der Waals surface area contributed by atoms with Crippen LogP contribution >= 0.6 is 0 Å². The Bertz CT molecular complexity index is 448. The van der Waals surface area contributed by atoms with E-state index in [0.717, 1.165) is 11.3 Å². The van der Waals surface area contributed by atoms with Crippen LogP contribution in [-0.2, 0) is 6.42 Å². The van der Waals surface area contributed by atoms with Crippen LogP contribution in [0.3, 0.4) is 0 Å². The van der Waals surface area contributed by atoms with Crippen molar-refractivity contribution in [3.8, 4) is 11.3 Å². The molecule has 2 N–H and O–H groups in total. The van der Waals surface area contributed by atoms with Crippen molar-refractivity contribution >= 4 is 0 Å². The van der Waals surface area contributed by atoms with Crippen molar-refractivity contribution in [3.63, 3.8) is 0 Å². The minimum Gasteiger partial charge on any atom is -0.448 e. The molecule has 2 aromatic rings. The van der Waals surface area contributed by atoms with E-state index in [2.05, 4.69) is 24.0 Å². The lowest BCUT2D eigenvalue weighted by Gasteiger charge is -1.96. The maximum Gasteiger partial charge on any atom is 0.195 e. The number of hydrogen-bond acceptors (Lipinski definition) is 3. The number of hydrogen-bond donors (Lipinski definition) is 1. The van der Waals surface area contributed by atoms with E-state index >= 15 is 0 Å². The fourth-order valence-electron chi connectivity index (χ4n) is 1.49. The van der Waals surface area contributed by atoms with E-state index in [9.17, 15) is 0 Å². The topological polar surface area (TPSA) is 52.0 Å². The average Bonchev–Trinajstić information content (AvgIpc) is 2.67. The molecule has 0 aliphatic heterocycles. The second kappa shape index (κ2) is 4.28. The lowest BCUT2D eigenvalue weighted by molar-refractivity contribution is 0.496. The number of benzene rings is 1. The van der Waals surface area contributed by atoms with E-state index in [1.165, 1.54) is 5.56 Å². The third kappa shape index (κ3) is 2.25. The summed E-state index contributed by atoms with van der Waals surface area (Å²) in [6.45, 7) is 2.62. The number of nitrogens with zero attached hydrogens (tertiary/aromatic N) is 1. The van der Waals surface area contributed by atoms with Crippen molar-refractivity contribution in [2.24, 2.45) is 5.73 Å². The molecular formula is C12H14N2O. The van der Waals surface area contributed by atoms with Gasteiger partial charge in [-0.2, -0.15) is 0 Å². The van der Waals surface area contributed by atoms with Gasteiger partial charge in [0.15, 0.2) is 5.89 Å². The van der Waals surface area contributed by atoms with Gasteiger partial charge in [-0.1, -0.05) is 23.8 Å². The van der Waals surface area contributed by atoms with E-state index in [0.29, 0.717) is 18.9 Å². The molecule has 1 aromatic heterocycles. The highest BCUT2D eigenvalue weighted by Crippen LogP contribution is 2.19. The maximum atomic E-state index is 5.43. The molecule has 0 spiro atoms.